The molecule has 2 rings (SSSR count). The van der Waals surface area contributed by atoms with Crippen molar-refractivity contribution in [3.05, 3.63) is 57.8 Å². The van der Waals surface area contributed by atoms with Crippen LogP contribution in [0, 0.1) is 6.92 Å². The molecule has 23 heavy (non-hydrogen) atoms. The average molecular weight is 445 g/mol. The Morgan fingerprint density at radius 1 is 1.17 bits per heavy atom. The van der Waals surface area contributed by atoms with Crippen molar-refractivity contribution in [2.75, 3.05) is 20.2 Å². The van der Waals surface area contributed by atoms with Crippen LogP contribution in [0.25, 0.3) is 0 Å². The quantitative estimate of drug-likeness (QED) is 0.297. The molecule has 2 aromatic rings. The third-order valence-corrected chi connectivity index (χ3v) is 4.28. The summed E-state index contributed by atoms with van der Waals surface area (Å²) >= 11 is 1.76. The summed E-state index contributed by atoms with van der Waals surface area (Å²) in [4.78, 5) is 5.55. The lowest BCUT2D eigenvalue weighted by Gasteiger charge is -2.12. The SMILES string of the molecule is CN=C(NCCOCc1ccccc1)NCc1sccc1C.I. The summed E-state index contributed by atoms with van der Waals surface area (Å²) in [6.45, 7) is 4.95. The fraction of sp³-hybridized carbons (Fsp3) is 0.353. The van der Waals surface area contributed by atoms with Gasteiger partial charge in [-0.05, 0) is 29.5 Å². The van der Waals surface area contributed by atoms with Gasteiger partial charge < -0.3 is 15.4 Å². The fourth-order valence-corrected chi connectivity index (χ4v) is 2.82. The third-order valence-electron chi connectivity index (χ3n) is 3.26. The molecule has 1 aromatic heterocycles. The van der Waals surface area contributed by atoms with Gasteiger partial charge in [0.05, 0.1) is 19.8 Å². The Morgan fingerprint density at radius 3 is 2.61 bits per heavy atom. The van der Waals surface area contributed by atoms with E-state index in [4.69, 9.17) is 4.74 Å². The lowest BCUT2D eigenvalue weighted by atomic mass is 10.2. The number of aryl methyl sites for hydroxylation is 1. The number of thiophene rings is 1. The molecule has 2 N–H and O–H groups in total. The van der Waals surface area contributed by atoms with Gasteiger partial charge in [-0.2, -0.15) is 0 Å². The number of halogens is 1. The number of guanidine groups is 1. The first-order valence-corrected chi connectivity index (χ1v) is 8.26. The van der Waals surface area contributed by atoms with E-state index in [-0.39, 0.29) is 24.0 Å². The van der Waals surface area contributed by atoms with E-state index in [1.165, 1.54) is 16.0 Å². The van der Waals surface area contributed by atoms with Crippen LogP contribution in [0.3, 0.4) is 0 Å². The molecular formula is C17H24IN3OS. The van der Waals surface area contributed by atoms with Crippen molar-refractivity contribution in [3.8, 4) is 0 Å². The van der Waals surface area contributed by atoms with Gasteiger partial charge in [0, 0.05) is 18.5 Å². The molecule has 1 aromatic carbocycles. The molecule has 0 atom stereocenters. The zero-order valence-corrected chi connectivity index (χ0v) is 16.7. The van der Waals surface area contributed by atoms with Gasteiger partial charge in [0.25, 0.3) is 0 Å². The van der Waals surface area contributed by atoms with Crippen molar-refractivity contribution in [2.24, 2.45) is 4.99 Å². The minimum Gasteiger partial charge on any atom is -0.375 e. The molecule has 6 heteroatoms. The maximum Gasteiger partial charge on any atom is 0.191 e. The van der Waals surface area contributed by atoms with Gasteiger partial charge in [-0.15, -0.1) is 35.3 Å². The molecule has 0 unspecified atom stereocenters. The van der Waals surface area contributed by atoms with Gasteiger partial charge in [0.15, 0.2) is 5.96 Å². The first kappa shape index (κ1) is 19.9. The lowest BCUT2D eigenvalue weighted by Crippen LogP contribution is -2.38. The molecule has 0 fully saturated rings. The summed E-state index contributed by atoms with van der Waals surface area (Å²) in [7, 11) is 1.78. The topological polar surface area (TPSA) is 45.7 Å². The van der Waals surface area contributed by atoms with E-state index in [0.29, 0.717) is 13.2 Å². The Hall–Kier alpha value is -1.12. The van der Waals surface area contributed by atoms with E-state index in [2.05, 4.69) is 46.1 Å². The molecule has 0 bridgehead atoms. The van der Waals surface area contributed by atoms with Crippen LogP contribution in [0.5, 0.6) is 0 Å². The van der Waals surface area contributed by atoms with Crippen LogP contribution >= 0.6 is 35.3 Å². The largest absolute Gasteiger partial charge is 0.375 e. The second kappa shape index (κ2) is 11.4. The predicted molar refractivity (Wildman–Crippen MR) is 109 cm³/mol. The first-order chi connectivity index (χ1) is 10.8. The highest BCUT2D eigenvalue weighted by Crippen LogP contribution is 2.14. The van der Waals surface area contributed by atoms with Gasteiger partial charge in [0.2, 0.25) is 0 Å². The van der Waals surface area contributed by atoms with E-state index >= 15 is 0 Å². The molecule has 0 aliphatic carbocycles. The average Bonchev–Trinajstić information content (AvgIpc) is 2.96. The van der Waals surface area contributed by atoms with Crippen molar-refractivity contribution in [2.45, 2.75) is 20.1 Å². The fourth-order valence-electron chi connectivity index (χ4n) is 1.98. The number of aliphatic imine (C=N–C) groups is 1. The molecule has 0 saturated carbocycles. The number of nitrogens with one attached hydrogen (secondary N) is 2. The van der Waals surface area contributed by atoms with Crippen molar-refractivity contribution in [1.29, 1.82) is 0 Å². The lowest BCUT2D eigenvalue weighted by molar-refractivity contribution is 0.125. The highest BCUT2D eigenvalue weighted by molar-refractivity contribution is 14.0. The molecule has 4 nitrogen and oxygen atoms in total. The van der Waals surface area contributed by atoms with Crippen molar-refractivity contribution in [1.82, 2.24) is 10.6 Å². The molecule has 126 valence electrons. The molecule has 0 radical (unpaired) electrons. The molecule has 0 saturated heterocycles. The minimum absolute atomic E-state index is 0. The highest BCUT2D eigenvalue weighted by atomic mass is 127. The van der Waals surface area contributed by atoms with Gasteiger partial charge >= 0.3 is 0 Å². The maximum atomic E-state index is 5.64. The van der Waals surface area contributed by atoms with Gasteiger partial charge in [-0.25, -0.2) is 0 Å². The van der Waals surface area contributed by atoms with E-state index < -0.39 is 0 Å². The number of ether oxygens (including phenoxy) is 1. The summed E-state index contributed by atoms with van der Waals surface area (Å²) < 4.78 is 5.64. The Labute approximate surface area is 159 Å². The van der Waals surface area contributed by atoms with Crippen LogP contribution in [0.15, 0.2) is 46.8 Å². The van der Waals surface area contributed by atoms with E-state index in [9.17, 15) is 0 Å². The molecule has 0 spiro atoms. The number of hydrogen-bond acceptors (Lipinski definition) is 3. The Balaban J connectivity index is 0.00000264. The first-order valence-electron chi connectivity index (χ1n) is 7.38. The molecular weight excluding hydrogens is 421 g/mol. The van der Waals surface area contributed by atoms with Crippen LogP contribution in [0.1, 0.15) is 16.0 Å². The van der Waals surface area contributed by atoms with Gasteiger partial charge in [-0.3, -0.25) is 4.99 Å². The second-order valence-corrected chi connectivity index (χ2v) is 5.92. The molecule has 0 aliphatic rings. The van der Waals surface area contributed by atoms with Crippen molar-refractivity contribution >= 4 is 41.3 Å². The normalized spacial score (nSPS) is 11.0. The maximum absolute atomic E-state index is 5.64. The van der Waals surface area contributed by atoms with Crippen LogP contribution in [0.4, 0.5) is 0 Å². The smallest absolute Gasteiger partial charge is 0.191 e. The summed E-state index contributed by atoms with van der Waals surface area (Å²) in [6.07, 6.45) is 0. The number of nitrogens with zero attached hydrogens (tertiary/aromatic N) is 1. The number of benzene rings is 1. The second-order valence-electron chi connectivity index (χ2n) is 4.92. The molecule has 1 heterocycles. The highest BCUT2D eigenvalue weighted by Gasteiger charge is 2.01. The Bertz CT molecular complexity index is 587. The molecule has 0 aliphatic heterocycles. The van der Waals surface area contributed by atoms with E-state index in [1.54, 1.807) is 18.4 Å². The minimum atomic E-state index is 0. The van der Waals surface area contributed by atoms with E-state index in [1.807, 2.05) is 18.2 Å². The predicted octanol–water partition coefficient (Wildman–Crippen LogP) is 3.56. The van der Waals surface area contributed by atoms with Gasteiger partial charge in [-0.1, -0.05) is 30.3 Å². The third kappa shape index (κ3) is 7.32. The van der Waals surface area contributed by atoms with Crippen LogP contribution in [-0.4, -0.2) is 26.2 Å². The van der Waals surface area contributed by atoms with Crippen LogP contribution < -0.4 is 10.6 Å². The molecule has 0 amide bonds. The number of hydrogen-bond donors (Lipinski definition) is 2. The van der Waals surface area contributed by atoms with Crippen molar-refractivity contribution < 1.29 is 4.74 Å². The monoisotopic (exact) mass is 445 g/mol. The summed E-state index contributed by atoms with van der Waals surface area (Å²) in [5, 5.41) is 8.68. The summed E-state index contributed by atoms with van der Waals surface area (Å²) in [5.41, 5.74) is 2.51. The zero-order valence-electron chi connectivity index (χ0n) is 13.5. The number of rotatable bonds is 7. The van der Waals surface area contributed by atoms with Crippen molar-refractivity contribution in [3.63, 3.8) is 0 Å². The van der Waals surface area contributed by atoms with E-state index in [0.717, 1.165) is 19.0 Å². The zero-order chi connectivity index (χ0) is 15.6. The van der Waals surface area contributed by atoms with Gasteiger partial charge in [0.1, 0.15) is 0 Å². The van der Waals surface area contributed by atoms with Crippen LogP contribution in [0.2, 0.25) is 0 Å². The summed E-state index contributed by atoms with van der Waals surface area (Å²) in [5.74, 6) is 0.802. The summed E-state index contributed by atoms with van der Waals surface area (Å²) in [6, 6.07) is 12.3. The van der Waals surface area contributed by atoms with Crippen LogP contribution in [-0.2, 0) is 17.9 Å². The Morgan fingerprint density at radius 2 is 1.96 bits per heavy atom. The Kier molecular flexibility index (Phi) is 9.89. The standard InChI is InChI=1S/C17H23N3OS.HI/c1-14-8-11-22-16(14)12-20-17(18-2)19-9-10-21-13-15-6-4-3-5-7-15;/h3-8,11H,9-10,12-13H2,1-2H3,(H2,18,19,20);1H.